The Morgan fingerprint density at radius 3 is 2.90 bits per heavy atom. The molecule has 0 radical (unpaired) electrons. The maximum Gasteiger partial charge on any atom is 0.0960 e. The molecule has 1 N–H and O–H groups in total. The van der Waals surface area contributed by atoms with E-state index in [1.165, 1.54) is 10.4 Å². The molecular weight excluding hydrogens is 313 g/mol. The first-order chi connectivity index (χ1) is 9.70. The van der Waals surface area contributed by atoms with Crippen molar-refractivity contribution < 1.29 is 4.74 Å². The maximum absolute atomic E-state index is 6.13. The van der Waals surface area contributed by atoms with Gasteiger partial charge in [0.25, 0.3) is 0 Å². The van der Waals surface area contributed by atoms with Crippen LogP contribution in [0.4, 0.5) is 0 Å². The summed E-state index contributed by atoms with van der Waals surface area (Å²) < 4.78 is 6.01. The standard InChI is InChI=1S/C15H15Cl2NOS/c1-18-7-14-10-4-5-20-15(10)11(8-19-14)9-2-3-12(16)13(17)6-9/h2-6,11,14,18H,7-8H2,1H3/t11-,14-/m1/s1. The third-order valence-electron chi connectivity index (χ3n) is 3.59. The number of halogens is 2. The van der Waals surface area contributed by atoms with Crippen LogP contribution in [0, 0.1) is 0 Å². The van der Waals surface area contributed by atoms with Gasteiger partial charge in [0.2, 0.25) is 0 Å². The molecule has 1 aliphatic heterocycles. The van der Waals surface area contributed by atoms with Crippen molar-refractivity contribution in [2.45, 2.75) is 12.0 Å². The molecule has 0 amide bonds. The lowest BCUT2D eigenvalue weighted by Crippen LogP contribution is -2.27. The highest BCUT2D eigenvalue weighted by Gasteiger charge is 2.30. The Morgan fingerprint density at radius 2 is 2.15 bits per heavy atom. The SMILES string of the molecule is CNC[C@H]1OC[C@H](c2ccc(Cl)c(Cl)c2)c2sccc21. The maximum atomic E-state index is 6.13. The number of fused-ring (bicyclic) bond motifs is 1. The van der Waals surface area contributed by atoms with Crippen LogP contribution in [0.1, 0.15) is 28.0 Å². The van der Waals surface area contributed by atoms with E-state index >= 15 is 0 Å². The fourth-order valence-corrected chi connectivity index (χ4v) is 3.96. The summed E-state index contributed by atoms with van der Waals surface area (Å²) in [6, 6.07) is 7.99. The van der Waals surface area contributed by atoms with Gasteiger partial charge >= 0.3 is 0 Å². The van der Waals surface area contributed by atoms with E-state index in [9.17, 15) is 0 Å². The smallest absolute Gasteiger partial charge is 0.0960 e. The Balaban J connectivity index is 1.96. The summed E-state index contributed by atoms with van der Waals surface area (Å²) in [6.07, 6.45) is 0.139. The molecule has 20 heavy (non-hydrogen) atoms. The zero-order valence-electron chi connectivity index (χ0n) is 11.0. The molecular formula is C15H15Cl2NOS. The van der Waals surface area contributed by atoms with Crippen LogP contribution in [-0.2, 0) is 4.74 Å². The van der Waals surface area contributed by atoms with Crippen LogP contribution in [-0.4, -0.2) is 20.2 Å². The molecule has 2 atom stereocenters. The van der Waals surface area contributed by atoms with E-state index in [0.717, 1.165) is 12.1 Å². The third-order valence-corrected chi connectivity index (χ3v) is 5.38. The van der Waals surface area contributed by atoms with Crippen molar-refractivity contribution in [2.24, 2.45) is 0 Å². The highest BCUT2D eigenvalue weighted by atomic mass is 35.5. The minimum atomic E-state index is 0.139. The lowest BCUT2D eigenvalue weighted by atomic mass is 9.92. The summed E-state index contributed by atoms with van der Waals surface area (Å²) in [7, 11) is 1.94. The van der Waals surface area contributed by atoms with Crippen LogP contribution >= 0.6 is 34.5 Å². The van der Waals surface area contributed by atoms with Crippen molar-refractivity contribution in [1.29, 1.82) is 0 Å². The van der Waals surface area contributed by atoms with E-state index in [4.69, 9.17) is 27.9 Å². The Kier molecular flexibility index (Phi) is 4.34. The van der Waals surface area contributed by atoms with Crippen molar-refractivity contribution in [3.05, 3.63) is 55.7 Å². The highest BCUT2D eigenvalue weighted by molar-refractivity contribution is 7.10. The molecule has 0 bridgehead atoms. The molecule has 0 saturated heterocycles. The largest absolute Gasteiger partial charge is 0.371 e. The Labute approximate surface area is 132 Å². The fourth-order valence-electron chi connectivity index (χ4n) is 2.59. The molecule has 2 nitrogen and oxygen atoms in total. The summed E-state index contributed by atoms with van der Waals surface area (Å²) in [6.45, 7) is 1.51. The first kappa shape index (κ1) is 14.4. The average Bonchev–Trinajstić information content (AvgIpc) is 2.92. The van der Waals surface area contributed by atoms with E-state index in [-0.39, 0.29) is 12.0 Å². The molecule has 5 heteroatoms. The number of benzene rings is 1. The second-order valence-electron chi connectivity index (χ2n) is 4.85. The molecule has 2 aromatic rings. The van der Waals surface area contributed by atoms with Crippen molar-refractivity contribution in [1.82, 2.24) is 5.32 Å². The summed E-state index contributed by atoms with van der Waals surface area (Å²) in [4.78, 5) is 1.37. The van der Waals surface area contributed by atoms with Gasteiger partial charge < -0.3 is 10.1 Å². The number of ether oxygens (including phenoxy) is 1. The van der Waals surface area contributed by atoms with Crippen molar-refractivity contribution >= 4 is 34.5 Å². The van der Waals surface area contributed by atoms with E-state index in [1.807, 2.05) is 25.2 Å². The number of thiophene rings is 1. The third kappa shape index (κ3) is 2.61. The molecule has 2 heterocycles. The van der Waals surface area contributed by atoms with Crippen LogP contribution < -0.4 is 5.32 Å². The number of hydrogen-bond acceptors (Lipinski definition) is 3. The summed E-state index contributed by atoms with van der Waals surface area (Å²) >= 11 is 13.9. The van der Waals surface area contributed by atoms with Gasteiger partial charge in [-0.2, -0.15) is 0 Å². The molecule has 0 aliphatic carbocycles. The number of hydrogen-bond donors (Lipinski definition) is 1. The van der Waals surface area contributed by atoms with Gasteiger partial charge in [-0.1, -0.05) is 29.3 Å². The number of likely N-dealkylation sites (N-methyl/N-ethyl adjacent to an activating group) is 1. The van der Waals surface area contributed by atoms with Gasteiger partial charge in [0.05, 0.1) is 22.8 Å². The van der Waals surface area contributed by atoms with Crippen LogP contribution in [0.25, 0.3) is 0 Å². The molecule has 1 aliphatic rings. The van der Waals surface area contributed by atoms with E-state index in [2.05, 4.69) is 16.8 Å². The zero-order chi connectivity index (χ0) is 14.1. The second-order valence-corrected chi connectivity index (χ2v) is 6.61. The summed E-state index contributed by atoms with van der Waals surface area (Å²) in [5.41, 5.74) is 2.44. The van der Waals surface area contributed by atoms with E-state index < -0.39 is 0 Å². The van der Waals surface area contributed by atoms with Gasteiger partial charge in [0.15, 0.2) is 0 Å². The Bertz CT molecular complexity index is 614. The summed E-state index contributed by atoms with van der Waals surface area (Å²) in [5, 5.41) is 6.50. The molecule has 106 valence electrons. The fraction of sp³-hybridized carbons (Fsp3) is 0.333. The number of nitrogens with one attached hydrogen (secondary N) is 1. The minimum absolute atomic E-state index is 0.139. The topological polar surface area (TPSA) is 21.3 Å². The van der Waals surface area contributed by atoms with Gasteiger partial charge in [-0.3, -0.25) is 0 Å². The Hall–Kier alpha value is -0.580. The van der Waals surface area contributed by atoms with E-state index in [0.29, 0.717) is 16.7 Å². The minimum Gasteiger partial charge on any atom is -0.371 e. The first-order valence-electron chi connectivity index (χ1n) is 6.49. The van der Waals surface area contributed by atoms with Crippen LogP contribution in [0.2, 0.25) is 10.0 Å². The lowest BCUT2D eigenvalue weighted by Gasteiger charge is -2.29. The number of rotatable bonds is 3. The Morgan fingerprint density at radius 1 is 1.30 bits per heavy atom. The normalized spacial score (nSPS) is 21.8. The molecule has 1 aromatic heterocycles. The van der Waals surface area contributed by atoms with Crippen LogP contribution in [0.3, 0.4) is 0 Å². The van der Waals surface area contributed by atoms with Gasteiger partial charge in [-0.25, -0.2) is 0 Å². The van der Waals surface area contributed by atoms with E-state index in [1.54, 1.807) is 11.3 Å². The van der Waals surface area contributed by atoms with Gasteiger partial charge in [0, 0.05) is 17.3 Å². The van der Waals surface area contributed by atoms with Crippen molar-refractivity contribution in [2.75, 3.05) is 20.2 Å². The van der Waals surface area contributed by atoms with Gasteiger partial charge in [-0.15, -0.1) is 11.3 Å². The van der Waals surface area contributed by atoms with Crippen LogP contribution in [0.15, 0.2) is 29.6 Å². The molecule has 1 aromatic carbocycles. The monoisotopic (exact) mass is 327 g/mol. The summed E-state index contributed by atoms with van der Waals surface area (Å²) in [5.74, 6) is 0.243. The predicted octanol–water partition coefficient (Wildman–Crippen LogP) is 4.48. The van der Waals surface area contributed by atoms with Crippen molar-refractivity contribution in [3.8, 4) is 0 Å². The van der Waals surface area contributed by atoms with Crippen LogP contribution in [0.5, 0.6) is 0 Å². The lowest BCUT2D eigenvalue weighted by molar-refractivity contribution is 0.0367. The van der Waals surface area contributed by atoms with Gasteiger partial charge in [-0.05, 0) is 41.8 Å². The molecule has 0 spiro atoms. The molecule has 3 rings (SSSR count). The molecule has 0 fully saturated rings. The zero-order valence-corrected chi connectivity index (χ0v) is 13.4. The average molecular weight is 328 g/mol. The highest BCUT2D eigenvalue weighted by Crippen LogP contribution is 2.41. The molecule has 0 unspecified atom stereocenters. The second kappa shape index (κ2) is 6.04. The van der Waals surface area contributed by atoms with Crippen molar-refractivity contribution in [3.63, 3.8) is 0 Å². The molecule has 0 saturated carbocycles. The quantitative estimate of drug-likeness (QED) is 0.897. The predicted molar refractivity (Wildman–Crippen MR) is 85.2 cm³/mol. The van der Waals surface area contributed by atoms with Gasteiger partial charge in [0.1, 0.15) is 0 Å². The first-order valence-corrected chi connectivity index (χ1v) is 8.12.